The van der Waals surface area contributed by atoms with Gasteiger partial charge >= 0.3 is 0 Å². The number of halogens is 2. The lowest BCUT2D eigenvalue weighted by Gasteiger charge is -2.25. The zero-order valence-corrected chi connectivity index (χ0v) is 21.5. The number of carbonyl (C=O) groups is 1. The number of nitrogens with one attached hydrogen (secondary N) is 1. The van der Waals surface area contributed by atoms with E-state index in [1.165, 1.54) is 68.6 Å². The van der Waals surface area contributed by atoms with E-state index >= 15 is 0 Å². The minimum Gasteiger partial charge on any atom is -0.495 e. The van der Waals surface area contributed by atoms with Gasteiger partial charge in [0.1, 0.15) is 18.1 Å². The summed E-state index contributed by atoms with van der Waals surface area (Å²) in [6.45, 7) is 2.29. The first-order chi connectivity index (χ1) is 17.4. The molecule has 0 saturated heterocycles. The van der Waals surface area contributed by atoms with Crippen LogP contribution in [0.15, 0.2) is 70.7 Å². The van der Waals surface area contributed by atoms with Crippen molar-refractivity contribution < 1.29 is 27.3 Å². The third-order valence-corrected chi connectivity index (χ3v) is 7.26. The summed E-state index contributed by atoms with van der Waals surface area (Å²) in [5.41, 5.74) is 2.96. The van der Waals surface area contributed by atoms with Crippen LogP contribution in [0.4, 0.5) is 15.8 Å². The highest BCUT2D eigenvalue weighted by molar-refractivity contribution is 7.92. The number of benzene rings is 3. The van der Waals surface area contributed by atoms with Gasteiger partial charge in [0.25, 0.3) is 21.6 Å². The summed E-state index contributed by atoms with van der Waals surface area (Å²) >= 11 is 6.10. The number of ether oxygens (including phenoxy) is 1. The van der Waals surface area contributed by atoms with Gasteiger partial charge in [-0.1, -0.05) is 29.8 Å². The van der Waals surface area contributed by atoms with Crippen molar-refractivity contribution in [3.8, 4) is 5.75 Å². The van der Waals surface area contributed by atoms with Crippen molar-refractivity contribution >= 4 is 44.6 Å². The molecule has 0 aliphatic rings. The third-order valence-electron chi connectivity index (χ3n) is 5.27. The van der Waals surface area contributed by atoms with Crippen LogP contribution < -0.4 is 14.5 Å². The lowest BCUT2D eigenvalue weighted by molar-refractivity contribution is -0.385. The van der Waals surface area contributed by atoms with Crippen molar-refractivity contribution in [1.82, 2.24) is 5.43 Å². The Bertz CT molecular complexity index is 1480. The van der Waals surface area contributed by atoms with Crippen molar-refractivity contribution in [2.45, 2.75) is 18.7 Å². The summed E-state index contributed by atoms with van der Waals surface area (Å²) in [4.78, 5) is 23.1. The number of amides is 1. The summed E-state index contributed by atoms with van der Waals surface area (Å²) in [7, 11) is -3.22. The zero-order valence-electron chi connectivity index (χ0n) is 19.9. The Labute approximate surface area is 217 Å². The summed E-state index contributed by atoms with van der Waals surface area (Å²) in [6, 6.07) is 13.0. The molecule has 0 heterocycles. The lowest BCUT2D eigenvalue weighted by atomic mass is 10.1. The molecule has 0 aromatic heterocycles. The molecule has 3 rings (SSSR count). The molecule has 0 fully saturated rings. The highest BCUT2D eigenvalue weighted by Crippen LogP contribution is 2.35. The molecule has 0 unspecified atom stereocenters. The summed E-state index contributed by atoms with van der Waals surface area (Å²) in [6.07, 6.45) is 0. The van der Waals surface area contributed by atoms with Crippen LogP contribution in [-0.4, -0.2) is 38.6 Å². The standard InChI is InChI=1S/C24H22ClFN4O6S/c1-15-4-10-20(13-21(15)30(32)33)37(34,35)29(22-12-18(25)7-11-23(22)36-3)14-24(31)28-27-16(2)17-5-8-19(26)9-6-17/h4-13H,14H2,1-3H3,(H,28,31)/b27-16-. The van der Waals surface area contributed by atoms with Crippen LogP contribution in [-0.2, 0) is 14.8 Å². The first-order valence-electron chi connectivity index (χ1n) is 10.6. The van der Waals surface area contributed by atoms with Crippen molar-refractivity contribution in [1.29, 1.82) is 0 Å². The monoisotopic (exact) mass is 548 g/mol. The van der Waals surface area contributed by atoms with Gasteiger partial charge in [-0.05, 0) is 55.8 Å². The third kappa shape index (κ3) is 6.40. The van der Waals surface area contributed by atoms with E-state index in [4.69, 9.17) is 16.3 Å². The number of sulfonamides is 1. The highest BCUT2D eigenvalue weighted by Gasteiger charge is 2.31. The number of hydrazone groups is 1. The van der Waals surface area contributed by atoms with E-state index in [-0.39, 0.29) is 22.0 Å². The van der Waals surface area contributed by atoms with E-state index in [0.29, 0.717) is 11.3 Å². The van der Waals surface area contributed by atoms with Gasteiger partial charge < -0.3 is 4.74 Å². The molecule has 0 aliphatic heterocycles. The molecule has 0 bridgehead atoms. The Balaban J connectivity index is 2.02. The maximum absolute atomic E-state index is 13.7. The Kier molecular flexibility index (Phi) is 8.46. The van der Waals surface area contributed by atoms with Crippen molar-refractivity contribution in [3.63, 3.8) is 0 Å². The predicted molar refractivity (Wildman–Crippen MR) is 137 cm³/mol. The molecule has 37 heavy (non-hydrogen) atoms. The van der Waals surface area contributed by atoms with E-state index in [0.717, 1.165) is 10.4 Å². The van der Waals surface area contributed by atoms with Crippen LogP contribution in [0.3, 0.4) is 0 Å². The van der Waals surface area contributed by atoms with Gasteiger partial charge in [0.15, 0.2) is 0 Å². The fourth-order valence-corrected chi connectivity index (χ4v) is 4.91. The number of rotatable bonds is 9. The first kappa shape index (κ1) is 27.6. The minimum absolute atomic E-state index is 0.0624. The normalized spacial score (nSPS) is 11.6. The zero-order chi connectivity index (χ0) is 27.3. The molecule has 0 radical (unpaired) electrons. The number of aryl methyl sites for hydroxylation is 1. The number of nitro benzene ring substituents is 1. The highest BCUT2D eigenvalue weighted by atomic mass is 35.5. The van der Waals surface area contributed by atoms with Crippen LogP contribution in [0, 0.1) is 22.9 Å². The smallest absolute Gasteiger partial charge is 0.273 e. The van der Waals surface area contributed by atoms with Crippen LogP contribution in [0.5, 0.6) is 5.75 Å². The van der Waals surface area contributed by atoms with Gasteiger partial charge in [-0.3, -0.25) is 19.2 Å². The molecular formula is C24H22ClFN4O6S. The molecule has 0 aliphatic carbocycles. The van der Waals surface area contributed by atoms with Crippen LogP contribution >= 0.6 is 11.6 Å². The predicted octanol–water partition coefficient (Wildman–Crippen LogP) is 4.44. The summed E-state index contributed by atoms with van der Waals surface area (Å²) in [5, 5.41) is 15.5. The average molecular weight is 549 g/mol. The number of carbonyl (C=O) groups excluding carboxylic acids is 1. The van der Waals surface area contributed by atoms with Crippen molar-refractivity contribution in [2.75, 3.05) is 18.0 Å². The first-order valence-corrected chi connectivity index (χ1v) is 12.5. The molecule has 13 heteroatoms. The summed E-state index contributed by atoms with van der Waals surface area (Å²) < 4.78 is 46.5. The van der Waals surface area contributed by atoms with Gasteiger partial charge in [-0.15, -0.1) is 0 Å². The Morgan fingerprint density at radius 1 is 1.16 bits per heavy atom. The Morgan fingerprint density at radius 2 is 1.84 bits per heavy atom. The molecule has 10 nitrogen and oxygen atoms in total. The van der Waals surface area contributed by atoms with Gasteiger partial charge in [0, 0.05) is 16.7 Å². The van der Waals surface area contributed by atoms with Crippen LogP contribution in [0.25, 0.3) is 0 Å². The second-order valence-electron chi connectivity index (χ2n) is 7.77. The van der Waals surface area contributed by atoms with E-state index in [1.54, 1.807) is 6.92 Å². The van der Waals surface area contributed by atoms with E-state index < -0.39 is 43.8 Å². The molecule has 3 aromatic carbocycles. The number of hydrogen-bond acceptors (Lipinski definition) is 7. The fourth-order valence-electron chi connectivity index (χ4n) is 3.30. The number of nitrogens with zero attached hydrogens (tertiary/aromatic N) is 3. The SMILES string of the molecule is COc1ccc(Cl)cc1N(CC(=O)N/N=C(/C)c1ccc(F)cc1)S(=O)(=O)c1ccc(C)c([N+](=O)[O-])c1. The van der Waals surface area contributed by atoms with E-state index in [1.807, 2.05) is 0 Å². The van der Waals surface area contributed by atoms with Crippen LogP contribution in [0.2, 0.25) is 5.02 Å². The van der Waals surface area contributed by atoms with E-state index in [9.17, 15) is 27.7 Å². The molecule has 3 aromatic rings. The molecule has 0 spiro atoms. The van der Waals surface area contributed by atoms with Gasteiger partial charge in [0.2, 0.25) is 0 Å². The summed E-state index contributed by atoms with van der Waals surface area (Å²) in [5.74, 6) is -1.17. The van der Waals surface area contributed by atoms with Crippen LogP contribution in [0.1, 0.15) is 18.1 Å². The lowest BCUT2D eigenvalue weighted by Crippen LogP contribution is -2.40. The van der Waals surface area contributed by atoms with Gasteiger partial charge in [-0.25, -0.2) is 18.2 Å². The quantitative estimate of drug-likeness (QED) is 0.239. The van der Waals surface area contributed by atoms with Gasteiger partial charge in [0.05, 0.1) is 28.3 Å². The number of nitro groups is 1. The largest absolute Gasteiger partial charge is 0.495 e. The van der Waals surface area contributed by atoms with Gasteiger partial charge in [-0.2, -0.15) is 5.10 Å². The fraction of sp³-hybridized carbons (Fsp3) is 0.167. The molecule has 1 amide bonds. The van der Waals surface area contributed by atoms with Crippen molar-refractivity contribution in [2.24, 2.45) is 5.10 Å². The minimum atomic E-state index is -4.53. The molecule has 0 saturated carbocycles. The Morgan fingerprint density at radius 3 is 2.46 bits per heavy atom. The number of anilines is 1. The van der Waals surface area contributed by atoms with E-state index in [2.05, 4.69) is 10.5 Å². The molecule has 0 atom stereocenters. The Hall–Kier alpha value is -4.03. The maximum Gasteiger partial charge on any atom is 0.273 e. The topological polar surface area (TPSA) is 131 Å². The van der Waals surface area contributed by atoms with Crippen molar-refractivity contribution in [3.05, 3.63) is 92.7 Å². The molecule has 194 valence electrons. The molecular weight excluding hydrogens is 527 g/mol. The number of methoxy groups -OCH3 is 1. The maximum atomic E-state index is 13.7. The second kappa shape index (κ2) is 11.4. The average Bonchev–Trinajstić information content (AvgIpc) is 2.86. The number of hydrogen-bond donors (Lipinski definition) is 1. The molecule has 1 N–H and O–H groups in total. The second-order valence-corrected chi connectivity index (χ2v) is 10.1.